The Hall–Kier alpha value is -3.38. The van der Waals surface area contributed by atoms with Crippen LogP contribution in [0.5, 0.6) is 0 Å². The van der Waals surface area contributed by atoms with E-state index in [0.717, 1.165) is 16.0 Å². The van der Waals surface area contributed by atoms with Crippen LogP contribution in [0.3, 0.4) is 0 Å². The number of carbonyl (C=O) groups excluding carboxylic acids is 1. The topological polar surface area (TPSA) is 65.2 Å². The van der Waals surface area contributed by atoms with E-state index < -0.39 is 11.4 Å². The zero-order valence-corrected chi connectivity index (χ0v) is 17.2. The first kappa shape index (κ1) is 19.9. The Bertz CT molecular complexity index is 1090. The molecule has 0 aliphatic heterocycles. The first-order valence-corrected chi connectivity index (χ1v) is 10.4. The zero-order valence-electron chi connectivity index (χ0n) is 16.3. The highest BCUT2D eigenvalue weighted by atomic mass is 32.2. The lowest BCUT2D eigenvalue weighted by Gasteiger charge is -2.18. The number of carbonyl (C=O) groups is 1. The minimum Gasteiger partial charge on any atom is -0.451 e. The van der Waals surface area contributed by atoms with Gasteiger partial charge in [-0.25, -0.2) is 0 Å². The average Bonchev–Trinajstić information content (AvgIpc) is 3.30. The largest absolute Gasteiger partial charge is 0.451 e. The van der Waals surface area contributed by atoms with Crippen LogP contribution in [-0.2, 0) is 9.53 Å². The number of hydrogen-bond acceptors (Lipinski definition) is 6. The summed E-state index contributed by atoms with van der Waals surface area (Å²) in [5, 5.41) is 7.63. The lowest BCUT2D eigenvalue weighted by atomic mass is 10.1. The molecule has 0 amide bonds. The van der Waals surface area contributed by atoms with Crippen LogP contribution in [0.1, 0.15) is 29.7 Å². The van der Waals surface area contributed by atoms with Gasteiger partial charge in [-0.3, -0.25) is 4.79 Å². The second-order valence-electron chi connectivity index (χ2n) is 6.61. The summed E-state index contributed by atoms with van der Waals surface area (Å²) >= 11 is 1.45. The highest BCUT2D eigenvalue weighted by Gasteiger charge is 2.27. The SMILES string of the molecule is CC(OC(=O)C(Sc1ccccc1)c1ccccc1)c1nnc(-c2ccccc2)o1. The lowest BCUT2D eigenvalue weighted by molar-refractivity contribution is -0.149. The molecule has 4 rings (SSSR count). The van der Waals surface area contributed by atoms with Crippen LogP contribution in [0, 0.1) is 0 Å². The van der Waals surface area contributed by atoms with E-state index in [1.807, 2.05) is 91.0 Å². The summed E-state index contributed by atoms with van der Waals surface area (Å²) in [7, 11) is 0. The van der Waals surface area contributed by atoms with E-state index in [2.05, 4.69) is 10.2 Å². The van der Waals surface area contributed by atoms with E-state index in [0.29, 0.717) is 5.89 Å². The maximum atomic E-state index is 13.1. The predicted octanol–water partition coefficient (Wildman–Crippen LogP) is 5.87. The summed E-state index contributed by atoms with van der Waals surface area (Å²) in [5.74, 6) is 0.299. The molecule has 2 unspecified atom stereocenters. The molecular formula is C24H20N2O3S. The summed E-state index contributed by atoms with van der Waals surface area (Å²) in [6.07, 6.45) is -0.662. The Balaban J connectivity index is 1.51. The number of nitrogens with zero attached hydrogens (tertiary/aromatic N) is 2. The molecule has 6 heteroatoms. The smallest absolute Gasteiger partial charge is 0.324 e. The normalized spacial score (nSPS) is 12.8. The summed E-state index contributed by atoms with van der Waals surface area (Å²) in [6.45, 7) is 1.73. The van der Waals surface area contributed by atoms with Gasteiger partial charge in [-0.1, -0.05) is 66.7 Å². The molecule has 1 heterocycles. The Morgan fingerprint density at radius 3 is 2.13 bits per heavy atom. The van der Waals surface area contributed by atoms with Gasteiger partial charge in [0.05, 0.1) is 0 Å². The van der Waals surface area contributed by atoms with E-state index in [9.17, 15) is 4.79 Å². The number of hydrogen-bond donors (Lipinski definition) is 0. The number of esters is 1. The van der Waals surface area contributed by atoms with Crippen LogP contribution in [-0.4, -0.2) is 16.2 Å². The summed E-state index contributed by atoms with van der Waals surface area (Å²) in [6, 6.07) is 28.9. The molecule has 4 aromatic rings. The van der Waals surface area contributed by atoms with Gasteiger partial charge in [-0.15, -0.1) is 22.0 Å². The molecule has 5 nitrogen and oxygen atoms in total. The number of aromatic nitrogens is 2. The van der Waals surface area contributed by atoms with Gasteiger partial charge in [0.15, 0.2) is 6.10 Å². The van der Waals surface area contributed by atoms with Crippen LogP contribution in [0.2, 0.25) is 0 Å². The summed E-state index contributed by atoms with van der Waals surface area (Å²) in [4.78, 5) is 14.1. The Morgan fingerprint density at radius 2 is 1.47 bits per heavy atom. The molecule has 0 N–H and O–H groups in total. The third-order valence-corrected chi connectivity index (χ3v) is 5.66. The molecule has 0 aliphatic rings. The van der Waals surface area contributed by atoms with E-state index in [1.54, 1.807) is 6.92 Å². The Kier molecular flexibility index (Phi) is 6.25. The fourth-order valence-electron chi connectivity index (χ4n) is 2.90. The maximum absolute atomic E-state index is 13.1. The van der Waals surface area contributed by atoms with Gasteiger partial charge in [-0.05, 0) is 36.8 Å². The van der Waals surface area contributed by atoms with Crippen molar-refractivity contribution in [2.45, 2.75) is 23.2 Å². The van der Waals surface area contributed by atoms with Crippen molar-refractivity contribution in [3.8, 4) is 11.5 Å². The third-order valence-electron chi connectivity index (χ3n) is 4.42. The quantitative estimate of drug-likeness (QED) is 0.277. The Morgan fingerprint density at radius 1 is 0.867 bits per heavy atom. The molecule has 0 saturated heterocycles. The minimum absolute atomic E-state index is 0.263. The number of ether oxygens (including phenoxy) is 1. The van der Waals surface area contributed by atoms with Gasteiger partial charge in [0.25, 0.3) is 5.89 Å². The molecule has 1 aromatic heterocycles. The molecule has 0 fully saturated rings. The zero-order chi connectivity index (χ0) is 20.8. The highest BCUT2D eigenvalue weighted by molar-refractivity contribution is 8.00. The van der Waals surface area contributed by atoms with Crippen molar-refractivity contribution in [1.29, 1.82) is 0 Å². The molecule has 30 heavy (non-hydrogen) atoms. The van der Waals surface area contributed by atoms with Gasteiger partial charge in [0.2, 0.25) is 5.89 Å². The first-order chi connectivity index (χ1) is 14.7. The van der Waals surface area contributed by atoms with E-state index in [4.69, 9.17) is 9.15 Å². The van der Waals surface area contributed by atoms with Crippen LogP contribution >= 0.6 is 11.8 Å². The first-order valence-electron chi connectivity index (χ1n) is 9.56. The van der Waals surface area contributed by atoms with Crippen LogP contribution < -0.4 is 0 Å². The van der Waals surface area contributed by atoms with Crippen molar-refractivity contribution in [2.75, 3.05) is 0 Å². The van der Waals surface area contributed by atoms with Crippen molar-refractivity contribution in [1.82, 2.24) is 10.2 Å². The summed E-state index contributed by atoms with van der Waals surface area (Å²) < 4.78 is 11.4. The van der Waals surface area contributed by atoms with E-state index in [1.165, 1.54) is 11.8 Å². The maximum Gasteiger partial charge on any atom is 0.324 e. The molecule has 150 valence electrons. The Labute approximate surface area is 179 Å². The lowest BCUT2D eigenvalue weighted by Crippen LogP contribution is -2.16. The van der Waals surface area contributed by atoms with Gasteiger partial charge >= 0.3 is 5.97 Å². The average molecular weight is 417 g/mol. The van der Waals surface area contributed by atoms with Crippen LogP contribution in [0.4, 0.5) is 0 Å². The van der Waals surface area contributed by atoms with Gasteiger partial charge in [0, 0.05) is 10.5 Å². The molecule has 0 saturated carbocycles. The fraction of sp³-hybridized carbons (Fsp3) is 0.125. The van der Waals surface area contributed by atoms with Gasteiger partial charge in [-0.2, -0.15) is 0 Å². The van der Waals surface area contributed by atoms with Crippen molar-refractivity contribution >= 4 is 17.7 Å². The van der Waals surface area contributed by atoms with Crippen LogP contribution in [0.25, 0.3) is 11.5 Å². The minimum atomic E-state index is -0.662. The fourth-order valence-corrected chi connectivity index (χ4v) is 3.93. The molecule has 0 aliphatic carbocycles. The third kappa shape index (κ3) is 4.78. The second-order valence-corrected chi connectivity index (χ2v) is 7.79. The monoisotopic (exact) mass is 416 g/mol. The number of rotatable bonds is 7. The van der Waals surface area contributed by atoms with Gasteiger partial charge < -0.3 is 9.15 Å². The second kappa shape index (κ2) is 9.41. The van der Waals surface area contributed by atoms with Gasteiger partial charge in [0.1, 0.15) is 5.25 Å². The predicted molar refractivity (Wildman–Crippen MR) is 116 cm³/mol. The van der Waals surface area contributed by atoms with Crippen molar-refractivity contribution < 1.29 is 13.9 Å². The molecular weight excluding hydrogens is 396 g/mol. The molecule has 2 atom stereocenters. The molecule has 0 bridgehead atoms. The van der Waals surface area contributed by atoms with E-state index in [-0.39, 0.29) is 11.9 Å². The van der Waals surface area contributed by atoms with E-state index >= 15 is 0 Å². The highest BCUT2D eigenvalue weighted by Crippen LogP contribution is 2.37. The number of thioether (sulfide) groups is 1. The standard InChI is InChI=1S/C24H20N2O3S/c1-17(22-25-26-23(29-22)19-13-7-3-8-14-19)28-24(27)21(18-11-5-2-6-12-18)30-20-15-9-4-10-16-20/h2-17,21H,1H3. The van der Waals surface area contributed by atoms with Crippen molar-refractivity contribution in [3.05, 3.63) is 102 Å². The van der Waals surface area contributed by atoms with Crippen molar-refractivity contribution in [3.63, 3.8) is 0 Å². The summed E-state index contributed by atoms with van der Waals surface area (Å²) in [5.41, 5.74) is 1.69. The molecule has 3 aromatic carbocycles. The van der Waals surface area contributed by atoms with Crippen molar-refractivity contribution in [2.24, 2.45) is 0 Å². The molecule has 0 spiro atoms. The molecule has 0 radical (unpaired) electrons. The number of benzene rings is 3. The van der Waals surface area contributed by atoms with Crippen LogP contribution in [0.15, 0.2) is 100 Å².